The van der Waals surface area contributed by atoms with Crippen molar-refractivity contribution in [3.05, 3.63) is 59.3 Å². The molecule has 1 aromatic heterocycles. The summed E-state index contributed by atoms with van der Waals surface area (Å²) in [6.07, 6.45) is 6.99. The maximum atomic E-state index is 14.0. The zero-order valence-electron chi connectivity index (χ0n) is 59.1. The molecule has 0 spiro atoms. The highest BCUT2D eigenvalue weighted by molar-refractivity contribution is 5.97. The second-order valence-corrected chi connectivity index (χ2v) is 25.6. The molecule has 1 atom stereocenters. The smallest absolute Gasteiger partial charge is 0.326 e. The van der Waals surface area contributed by atoms with E-state index in [1.807, 2.05) is 37.9 Å². The standard InChI is InChI=1S/C69H108N12O18/c1-50(2)53-44-52(20-21-55(53)81-56(65-57(95-6)18-11-19-58(65)96-7)45-54(73-81)67(91)72-66(69(93)94)51-16-9-8-10-17-51)68(92)76(5)29-15-27-74(3)26-14-28-75(4)61(84)23-22-59(82)70-24-12-38-97-40-42-99-43-41-98-39-13-25-71-60(83)46-77-30-32-78(47-62(85)86)34-36-80(49-64(89)90)37-35-79(33-31-77)48-63(87)88/h11,18-21,44-45,50-51,66H,8-10,12-17,22-43,46-49H2,1-7H3,(H,70,82)(H,71,83)(H,72,91)(H,85,86)(H,87,88)(H,89,90)(H,93,94)/t66-/m0/s1. The number of ether oxygens (including phenoxy) is 5. The molecule has 1 aliphatic heterocycles. The van der Waals surface area contributed by atoms with E-state index in [2.05, 4.69) is 20.9 Å². The van der Waals surface area contributed by atoms with Gasteiger partial charge in [-0.25, -0.2) is 9.48 Å². The number of hydrogen-bond acceptors (Lipinski definition) is 20. The Morgan fingerprint density at radius 1 is 0.576 bits per heavy atom. The van der Waals surface area contributed by atoms with Crippen LogP contribution < -0.4 is 25.4 Å². The third kappa shape index (κ3) is 29.5. The number of rotatable bonds is 43. The molecule has 2 fully saturated rings. The van der Waals surface area contributed by atoms with Crippen molar-refractivity contribution in [1.82, 2.24) is 60.0 Å². The van der Waals surface area contributed by atoms with Gasteiger partial charge in [-0.2, -0.15) is 5.10 Å². The van der Waals surface area contributed by atoms with Gasteiger partial charge in [0.15, 0.2) is 5.69 Å². The predicted octanol–water partition coefficient (Wildman–Crippen LogP) is 3.00. The van der Waals surface area contributed by atoms with Gasteiger partial charge in [-0.1, -0.05) is 39.2 Å². The molecule has 30 nitrogen and oxygen atoms in total. The minimum absolute atomic E-state index is 0.0135. The average molecular weight is 1390 g/mol. The molecule has 1 aliphatic carbocycles. The quantitative estimate of drug-likeness (QED) is 0.0400. The summed E-state index contributed by atoms with van der Waals surface area (Å²) in [5.74, 6) is -4.86. The molecule has 2 aliphatic rings. The molecule has 5 rings (SSSR count). The number of carbonyl (C=O) groups is 9. The first kappa shape index (κ1) is 81.8. The Bertz CT molecular complexity index is 3000. The fourth-order valence-electron chi connectivity index (χ4n) is 12.0. The highest BCUT2D eigenvalue weighted by Gasteiger charge is 2.33. The van der Waals surface area contributed by atoms with E-state index in [4.69, 9.17) is 28.8 Å². The number of hydrogen-bond donors (Lipinski definition) is 7. The largest absolute Gasteiger partial charge is 0.496 e. The Morgan fingerprint density at radius 2 is 1.06 bits per heavy atom. The summed E-state index contributed by atoms with van der Waals surface area (Å²) in [6.45, 7) is 11.2. The van der Waals surface area contributed by atoms with Crippen molar-refractivity contribution >= 4 is 53.4 Å². The fourth-order valence-corrected chi connectivity index (χ4v) is 12.0. The van der Waals surface area contributed by atoms with Crippen molar-refractivity contribution in [1.29, 1.82) is 0 Å². The highest BCUT2D eigenvalue weighted by Crippen LogP contribution is 2.41. The van der Waals surface area contributed by atoms with E-state index in [0.29, 0.717) is 165 Å². The van der Waals surface area contributed by atoms with Gasteiger partial charge in [-0.15, -0.1) is 0 Å². The number of carbonyl (C=O) groups excluding carboxylic acids is 5. The van der Waals surface area contributed by atoms with Crippen LogP contribution in [0.15, 0.2) is 42.5 Å². The van der Waals surface area contributed by atoms with Gasteiger partial charge in [-0.3, -0.25) is 58.0 Å². The van der Waals surface area contributed by atoms with Crippen LogP contribution in [-0.4, -0.2) is 317 Å². The Kier molecular flexibility index (Phi) is 36.6. The fraction of sp³-hybridized carbons (Fsp3) is 0.652. The number of benzene rings is 2. The summed E-state index contributed by atoms with van der Waals surface area (Å²) in [5.41, 5.74) is 2.91. The van der Waals surface area contributed by atoms with E-state index in [1.54, 1.807) is 73.6 Å². The second-order valence-electron chi connectivity index (χ2n) is 25.6. The van der Waals surface area contributed by atoms with Gasteiger partial charge in [0.1, 0.15) is 17.5 Å². The number of nitrogens with one attached hydrogen (secondary N) is 3. The summed E-state index contributed by atoms with van der Waals surface area (Å²) in [5, 5.41) is 51.8. The molecular formula is C69H108N12O18. The molecule has 0 bridgehead atoms. The number of nitrogens with zero attached hydrogens (tertiary/aromatic N) is 9. The molecule has 0 radical (unpaired) electrons. The summed E-state index contributed by atoms with van der Waals surface area (Å²) in [6, 6.07) is 11.3. The third-order valence-corrected chi connectivity index (χ3v) is 17.5. The summed E-state index contributed by atoms with van der Waals surface area (Å²) in [7, 11) is 8.57. The van der Waals surface area contributed by atoms with Gasteiger partial charge in [0.05, 0.1) is 83.8 Å². The molecule has 5 amide bonds. The zero-order valence-corrected chi connectivity index (χ0v) is 59.1. The Morgan fingerprint density at radius 3 is 1.55 bits per heavy atom. The zero-order chi connectivity index (χ0) is 72.2. The second kappa shape index (κ2) is 44.3. The Hall–Kier alpha value is -7.84. The first-order chi connectivity index (χ1) is 47.5. The van der Waals surface area contributed by atoms with Gasteiger partial charge >= 0.3 is 23.9 Å². The number of amides is 5. The number of methoxy groups -OCH3 is 2. The Balaban J connectivity index is 0.918. The normalized spacial score (nSPS) is 15.2. The van der Waals surface area contributed by atoms with Crippen molar-refractivity contribution in [2.24, 2.45) is 5.92 Å². The monoisotopic (exact) mass is 1390 g/mol. The third-order valence-electron chi connectivity index (χ3n) is 17.5. The first-order valence-corrected chi connectivity index (χ1v) is 34.5. The van der Waals surface area contributed by atoms with Crippen molar-refractivity contribution in [3.8, 4) is 28.4 Å². The van der Waals surface area contributed by atoms with Gasteiger partial charge in [-0.05, 0) is 112 Å². The summed E-state index contributed by atoms with van der Waals surface area (Å²) < 4.78 is 30.0. The van der Waals surface area contributed by atoms with E-state index in [9.17, 15) is 63.6 Å². The van der Waals surface area contributed by atoms with Crippen LogP contribution in [-0.2, 0) is 47.8 Å². The highest BCUT2D eigenvalue weighted by atomic mass is 16.5. The van der Waals surface area contributed by atoms with Gasteiger partial charge in [0, 0.05) is 124 Å². The number of carboxylic acid groups (broad SMARTS) is 4. The molecule has 7 N–H and O–H groups in total. The van der Waals surface area contributed by atoms with Crippen LogP contribution in [0.1, 0.15) is 117 Å². The van der Waals surface area contributed by atoms with Crippen LogP contribution in [0.4, 0.5) is 0 Å². The van der Waals surface area contributed by atoms with Crippen molar-refractivity contribution in [3.63, 3.8) is 0 Å². The molecule has 1 saturated carbocycles. The van der Waals surface area contributed by atoms with Gasteiger partial charge in [0.2, 0.25) is 17.7 Å². The first-order valence-electron chi connectivity index (χ1n) is 34.5. The maximum absolute atomic E-state index is 14.0. The van der Waals surface area contributed by atoms with E-state index in [1.165, 1.54) is 14.2 Å². The van der Waals surface area contributed by atoms with Crippen molar-refractivity contribution in [2.45, 2.75) is 96.4 Å². The van der Waals surface area contributed by atoms with E-state index >= 15 is 0 Å². The van der Waals surface area contributed by atoms with E-state index < -0.39 is 35.8 Å². The van der Waals surface area contributed by atoms with Gasteiger partial charge < -0.3 is 74.8 Å². The lowest BCUT2D eigenvalue weighted by molar-refractivity contribution is -0.141. The maximum Gasteiger partial charge on any atom is 0.326 e. The number of aromatic nitrogens is 2. The van der Waals surface area contributed by atoms with Crippen LogP contribution in [0.25, 0.3) is 16.9 Å². The predicted molar refractivity (Wildman–Crippen MR) is 369 cm³/mol. The lowest BCUT2D eigenvalue weighted by atomic mass is 9.84. The average Bonchev–Trinajstić information content (AvgIpc) is 1.66. The number of carboxylic acids is 4. The van der Waals surface area contributed by atoms with Crippen LogP contribution >= 0.6 is 0 Å². The molecule has 99 heavy (non-hydrogen) atoms. The topological polar surface area (TPSA) is 357 Å². The minimum Gasteiger partial charge on any atom is -0.496 e. The Labute approximate surface area is 581 Å². The molecule has 30 heteroatoms. The van der Waals surface area contributed by atoms with Gasteiger partial charge in [0.25, 0.3) is 11.8 Å². The molecule has 1 saturated heterocycles. The molecular weight excluding hydrogens is 1280 g/mol. The summed E-state index contributed by atoms with van der Waals surface area (Å²) >= 11 is 0. The SMILES string of the molecule is COc1cccc(OC)c1-c1cc(C(=O)N[C@H](C(=O)O)C2CCCCC2)nn1-c1ccc(C(=O)N(C)CCCN(C)CCCN(C)C(=O)CCC(=O)NCCCOCCOCCOCCCNC(=O)CN2CCN(CC(=O)O)CCN(CC(=O)O)CCN(CC(=O)O)CC2)cc1C(C)C. The van der Waals surface area contributed by atoms with Crippen LogP contribution in [0, 0.1) is 5.92 Å². The van der Waals surface area contributed by atoms with Crippen molar-refractivity contribution in [2.75, 3.05) is 193 Å². The molecule has 552 valence electrons. The van der Waals surface area contributed by atoms with E-state index in [-0.39, 0.29) is 106 Å². The summed E-state index contributed by atoms with van der Waals surface area (Å²) in [4.78, 5) is 126. The molecule has 3 aromatic rings. The number of aliphatic carboxylic acids is 4. The van der Waals surface area contributed by atoms with Crippen LogP contribution in [0.3, 0.4) is 0 Å². The molecule has 0 unspecified atom stereocenters. The molecule has 2 aromatic carbocycles. The van der Waals surface area contributed by atoms with Crippen LogP contribution in [0.2, 0.25) is 0 Å². The van der Waals surface area contributed by atoms with Crippen LogP contribution in [0.5, 0.6) is 11.5 Å². The lowest BCUT2D eigenvalue weighted by Gasteiger charge is -2.32. The lowest BCUT2D eigenvalue weighted by Crippen LogP contribution is -2.49. The molecule has 2 heterocycles. The minimum atomic E-state index is -1.09. The van der Waals surface area contributed by atoms with Crippen molar-refractivity contribution < 1.29 is 87.3 Å². The van der Waals surface area contributed by atoms with E-state index in [0.717, 1.165) is 37.8 Å².